The van der Waals surface area contributed by atoms with Gasteiger partial charge in [0.15, 0.2) is 9.84 Å². The molecule has 0 unspecified atom stereocenters. The van der Waals surface area contributed by atoms with Gasteiger partial charge in [0.2, 0.25) is 5.91 Å². The van der Waals surface area contributed by atoms with Crippen LogP contribution in [0.5, 0.6) is 0 Å². The molecule has 1 aliphatic rings. The van der Waals surface area contributed by atoms with Crippen molar-refractivity contribution in [1.82, 2.24) is 4.90 Å². The number of rotatable bonds is 4. The molecule has 0 spiro atoms. The predicted molar refractivity (Wildman–Crippen MR) is 79.8 cm³/mol. The van der Waals surface area contributed by atoms with E-state index in [2.05, 4.69) is 5.32 Å². The summed E-state index contributed by atoms with van der Waals surface area (Å²) >= 11 is 5.77. The lowest BCUT2D eigenvalue weighted by atomic mass is 10.3. The Balaban J connectivity index is 1.74. The predicted octanol–water partition coefficient (Wildman–Crippen LogP) is 1.40. The molecule has 20 heavy (non-hydrogen) atoms. The van der Waals surface area contributed by atoms with Crippen molar-refractivity contribution in [3.8, 4) is 0 Å². The molecule has 1 aliphatic heterocycles. The topological polar surface area (TPSA) is 66.5 Å². The van der Waals surface area contributed by atoms with Crippen molar-refractivity contribution in [2.45, 2.75) is 6.42 Å². The first-order chi connectivity index (χ1) is 9.44. The van der Waals surface area contributed by atoms with Gasteiger partial charge < -0.3 is 10.2 Å². The third-order valence-electron chi connectivity index (χ3n) is 3.22. The fourth-order valence-electron chi connectivity index (χ4n) is 1.99. The monoisotopic (exact) mass is 316 g/mol. The van der Waals surface area contributed by atoms with Gasteiger partial charge in [-0.15, -0.1) is 0 Å². The largest absolute Gasteiger partial charge is 0.326 e. The third-order valence-corrected chi connectivity index (χ3v) is 5.08. The molecule has 1 aromatic rings. The minimum absolute atomic E-state index is 0.0826. The van der Waals surface area contributed by atoms with Gasteiger partial charge in [0.05, 0.1) is 11.5 Å². The Kier molecular flexibility index (Phi) is 5.01. The van der Waals surface area contributed by atoms with Crippen molar-refractivity contribution in [3.05, 3.63) is 29.3 Å². The Morgan fingerprint density at radius 1 is 1.20 bits per heavy atom. The fourth-order valence-corrected chi connectivity index (χ4v) is 3.39. The van der Waals surface area contributed by atoms with Crippen LogP contribution in [-0.2, 0) is 14.6 Å². The third kappa shape index (κ3) is 4.77. The van der Waals surface area contributed by atoms with E-state index in [1.165, 1.54) is 0 Å². The molecule has 0 radical (unpaired) electrons. The summed E-state index contributed by atoms with van der Waals surface area (Å²) < 4.78 is 22.6. The van der Waals surface area contributed by atoms with Crippen LogP contribution in [0.15, 0.2) is 24.3 Å². The van der Waals surface area contributed by atoms with Crippen LogP contribution in [0.1, 0.15) is 6.42 Å². The summed E-state index contributed by atoms with van der Waals surface area (Å²) in [5.41, 5.74) is 0.709. The quantitative estimate of drug-likeness (QED) is 0.912. The van der Waals surface area contributed by atoms with E-state index in [0.717, 1.165) is 0 Å². The van der Waals surface area contributed by atoms with Crippen molar-refractivity contribution >= 4 is 33.0 Å². The van der Waals surface area contributed by atoms with Gasteiger partial charge in [0.25, 0.3) is 0 Å². The molecule has 0 aromatic heterocycles. The Hall–Kier alpha value is -1.11. The molecule has 1 fully saturated rings. The number of benzene rings is 1. The number of hydrogen-bond acceptors (Lipinski definition) is 4. The van der Waals surface area contributed by atoms with E-state index < -0.39 is 9.84 Å². The summed E-state index contributed by atoms with van der Waals surface area (Å²) in [7, 11) is -2.86. The highest BCUT2D eigenvalue weighted by Gasteiger charge is 2.21. The molecule has 5 nitrogen and oxygen atoms in total. The second-order valence-electron chi connectivity index (χ2n) is 4.80. The van der Waals surface area contributed by atoms with Gasteiger partial charge in [0.1, 0.15) is 0 Å². The summed E-state index contributed by atoms with van der Waals surface area (Å²) in [4.78, 5) is 13.8. The second kappa shape index (κ2) is 6.56. The fraction of sp³-hybridized carbons (Fsp3) is 0.462. The van der Waals surface area contributed by atoms with Gasteiger partial charge in [-0.05, 0) is 24.3 Å². The van der Waals surface area contributed by atoms with E-state index in [0.29, 0.717) is 36.8 Å². The zero-order chi connectivity index (χ0) is 14.6. The average molecular weight is 317 g/mol. The Labute approximate surface area is 123 Å². The number of hydrogen-bond donors (Lipinski definition) is 1. The molecule has 0 saturated carbocycles. The first-order valence-electron chi connectivity index (χ1n) is 6.43. The number of nitrogens with one attached hydrogen (secondary N) is 1. The maximum Gasteiger partial charge on any atom is 0.225 e. The van der Waals surface area contributed by atoms with E-state index >= 15 is 0 Å². The van der Waals surface area contributed by atoms with Crippen molar-refractivity contribution < 1.29 is 13.2 Å². The molecule has 1 saturated heterocycles. The lowest BCUT2D eigenvalue weighted by molar-refractivity contribution is -0.116. The zero-order valence-electron chi connectivity index (χ0n) is 11.0. The number of anilines is 1. The number of sulfone groups is 1. The van der Waals surface area contributed by atoms with E-state index in [4.69, 9.17) is 11.6 Å². The van der Waals surface area contributed by atoms with Gasteiger partial charge in [-0.1, -0.05) is 11.6 Å². The van der Waals surface area contributed by atoms with Crippen molar-refractivity contribution in [1.29, 1.82) is 0 Å². The van der Waals surface area contributed by atoms with Gasteiger partial charge in [0, 0.05) is 36.8 Å². The van der Waals surface area contributed by atoms with Crippen LogP contribution >= 0.6 is 11.6 Å². The second-order valence-corrected chi connectivity index (χ2v) is 7.54. The van der Waals surface area contributed by atoms with Crippen LogP contribution in [0.2, 0.25) is 5.02 Å². The average Bonchev–Trinajstić information content (AvgIpc) is 2.40. The number of amides is 1. The molecule has 1 amide bonds. The number of carbonyl (C=O) groups excluding carboxylic acids is 1. The Morgan fingerprint density at radius 2 is 1.80 bits per heavy atom. The molecule has 1 heterocycles. The highest BCUT2D eigenvalue weighted by atomic mass is 35.5. The summed E-state index contributed by atoms with van der Waals surface area (Å²) in [6, 6.07) is 6.92. The molecule has 0 bridgehead atoms. The van der Waals surface area contributed by atoms with Crippen molar-refractivity contribution in [3.63, 3.8) is 0 Å². The highest BCUT2D eigenvalue weighted by molar-refractivity contribution is 7.91. The molecule has 0 atom stereocenters. The Bertz CT molecular complexity index is 558. The summed E-state index contributed by atoms with van der Waals surface area (Å²) in [5.74, 6) is 0.290. The molecule has 2 rings (SSSR count). The van der Waals surface area contributed by atoms with E-state index in [1.807, 2.05) is 4.90 Å². The number of carbonyl (C=O) groups is 1. The first kappa shape index (κ1) is 15.3. The van der Waals surface area contributed by atoms with Gasteiger partial charge in [-0.3, -0.25) is 4.79 Å². The van der Waals surface area contributed by atoms with Crippen molar-refractivity contribution in [2.24, 2.45) is 0 Å². The first-order valence-corrected chi connectivity index (χ1v) is 8.63. The van der Waals surface area contributed by atoms with Gasteiger partial charge >= 0.3 is 0 Å². The van der Waals surface area contributed by atoms with Crippen molar-refractivity contribution in [2.75, 3.05) is 36.5 Å². The summed E-state index contributed by atoms with van der Waals surface area (Å²) in [6.07, 6.45) is 0.350. The molecule has 1 N–H and O–H groups in total. The SMILES string of the molecule is O=C(CCN1CCS(=O)(=O)CC1)Nc1ccc(Cl)cc1. The van der Waals surface area contributed by atoms with Crippen LogP contribution < -0.4 is 5.32 Å². The molecular formula is C13H17ClN2O3S. The minimum Gasteiger partial charge on any atom is -0.326 e. The Morgan fingerprint density at radius 3 is 2.40 bits per heavy atom. The lowest BCUT2D eigenvalue weighted by Crippen LogP contribution is -2.41. The maximum absolute atomic E-state index is 11.8. The van der Waals surface area contributed by atoms with Crippen LogP contribution in [-0.4, -0.2) is 50.4 Å². The zero-order valence-corrected chi connectivity index (χ0v) is 12.6. The normalized spacial score (nSPS) is 18.6. The van der Waals surface area contributed by atoms with Crippen LogP contribution in [0, 0.1) is 0 Å². The molecular weight excluding hydrogens is 300 g/mol. The molecule has 7 heteroatoms. The molecule has 110 valence electrons. The van der Waals surface area contributed by atoms with E-state index in [9.17, 15) is 13.2 Å². The molecule has 0 aliphatic carbocycles. The number of halogens is 1. The maximum atomic E-state index is 11.8. The number of nitrogens with zero attached hydrogens (tertiary/aromatic N) is 1. The standard InChI is InChI=1S/C13H17ClN2O3S/c14-11-1-3-12(4-2-11)15-13(17)5-6-16-7-9-20(18,19)10-8-16/h1-4H,5-10H2,(H,15,17). The van der Waals surface area contributed by atoms with Gasteiger partial charge in [-0.2, -0.15) is 0 Å². The van der Waals surface area contributed by atoms with Gasteiger partial charge in [-0.25, -0.2) is 8.42 Å². The molecule has 1 aromatic carbocycles. The minimum atomic E-state index is -2.86. The highest BCUT2D eigenvalue weighted by Crippen LogP contribution is 2.13. The van der Waals surface area contributed by atoms with Crippen LogP contribution in [0.25, 0.3) is 0 Å². The smallest absolute Gasteiger partial charge is 0.225 e. The van der Waals surface area contributed by atoms with Crippen LogP contribution in [0.4, 0.5) is 5.69 Å². The van der Waals surface area contributed by atoms with E-state index in [-0.39, 0.29) is 17.4 Å². The summed E-state index contributed by atoms with van der Waals surface area (Å²) in [6.45, 7) is 1.60. The van der Waals surface area contributed by atoms with E-state index in [1.54, 1.807) is 24.3 Å². The lowest BCUT2D eigenvalue weighted by Gasteiger charge is -2.26. The summed E-state index contributed by atoms with van der Waals surface area (Å²) in [5, 5.41) is 3.41. The van der Waals surface area contributed by atoms with Crippen LogP contribution in [0.3, 0.4) is 0 Å².